The minimum Gasteiger partial charge on any atom is -0.435 e. The zero-order chi connectivity index (χ0) is 14.5. The quantitative estimate of drug-likeness (QED) is 0.876. The fourth-order valence-corrected chi connectivity index (χ4v) is 2.57. The molecule has 1 saturated carbocycles. The van der Waals surface area contributed by atoms with Crippen molar-refractivity contribution in [2.75, 3.05) is 6.54 Å². The van der Waals surface area contributed by atoms with Gasteiger partial charge in [-0.25, -0.2) is 0 Å². The number of carbonyl (C=O) groups is 1. The van der Waals surface area contributed by atoms with Crippen LogP contribution < -0.4 is 15.8 Å². The van der Waals surface area contributed by atoms with Gasteiger partial charge >= 0.3 is 6.61 Å². The molecule has 1 fully saturated rings. The van der Waals surface area contributed by atoms with Crippen molar-refractivity contribution in [1.82, 2.24) is 5.32 Å². The Kier molecular flexibility index (Phi) is 6.84. The molecule has 7 heteroatoms. The number of carbonyl (C=O) groups excluding carboxylic acids is 1. The van der Waals surface area contributed by atoms with E-state index in [1.54, 1.807) is 6.07 Å². The third-order valence-electron chi connectivity index (χ3n) is 3.60. The second-order valence-electron chi connectivity index (χ2n) is 4.91. The Morgan fingerprint density at radius 1 is 1.43 bits per heavy atom. The van der Waals surface area contributed by atoms with Gasteiger partial charge in [-0.2, -0.15) is 8.78 Å². The largest absolute Gasteiger partial charge is 0.435 e. The van der Waals surface area contributed by atoms with E-state index < -0.39 is 6.61 Å². The van der Waals surface area contributed by atoms with Gasteiger partial charge in [-0.15, -0.1) is 12.4 Å². The number of benzene rings is 1. The molecule has 0 saturated heterocycles. The molecule has 118 valence electrons. The van der Waals surface area contributed by atoms with E-state index in [-0.39, 0.29) is 30.1 Å². The zero-order valence-electron chi connectivity index (χ0n) is 11.4. The summed E-state index contributed by atoms with van der Waals surface area (Å²) in [5, 5.41) is 2.91. The maximum absolute atomic E-state index is 12.1. The maximum atomic E-state index is 12.1. The predicted octanol–water partition coefficient (Wildman–Crippen LogP) is 2.57. The molecule has 3 N–H and O–H groups in total. The van der Waals surface area contributed by atoms with Crippen molar-refractivity contribution < 1.29 is 18.3 Å². The SMILES string of the molecule is Cl.NCC1CCCC1NC(=O)c1cccc(OC(F)F)c1. The Hall–Kier alpha value is -1.40. The van der Waals surface area contributed by atoms with Crippen LogP contribution in [0, 0.1) is 5.92 Å². The van der Waals surface area contributed by atoms with Gasteiger partial charge in [-0.05, 0) is 43.5 Å². The van der Waals surface area contributed by atoms with Gasteiger partial charge in [-0.3, -0.25) is 4.79 Å². The number of alkyl halides is 2. The van der Waals surface area contributed by atoms with Crippen LogP contribution in [0.3, 0.4) is 0 Å². The molecule has 0 aliphatic heterocycles. The van der Waals surface area contributed by atoms with Crippen molar-refractivity contribution in [2.45, 2.75) is 31.9 Å². The fourth-order valence-electron chi connectivity index (χ4n) is 2.57. The van der Waals surface area contributed by atoms with E-state index in [1.807, 2.05) is 0 Å². The van der Waals surface area contributed by atoms with Crippen molar-refractivity contribution in [2.24, 2.45) is 11.7 Å². The van der Waals surface area contributed by atoms with Gasteiger partial charge in [0.25, 0.3) is 5.91 Å². The second-order valence-corrected chi connectivity index (χ2v) is 4.91. The summed E-state index contributed by atoms with van der Waals surface area (Å²) in [4.78, 5) is 12.1. The number of ether oxygens (including phenoxy) is 1. The van der Waals surface area contributed by atoms with Gasteiger partial charge in [0.2, 0.25) is 0 Å². The highest BCUT2D eigenvalue weighted by Crippen LogP contribution is 2.25. The van der Waals surface area contributed by atoms with Gasteiger partial charge in [0.15, 0.2) is 0 Å². The lowest BCUT2D eigenvalue weighted by Gasteiger charge is -2.19. The molecule has 2 atom stereocenters. The summed E-state index contributed by atoms with van der Waals surface area (Å²) >= 11 is 0. The summed E-state index contributed by atoms with van der Waals surface area (Å²) in [5.41, 5.74) is 5.97. The van der Waals surface area contributed by atoms with E-state index >= 15 is 0 Å². The number of hydrogen-bond acceptors (Lipinski definition) is 3. The molecule has 2 unspecified atom stereocenters. The molecule has 21 heavy (non-hydrogen) atoms. The third kappa shape index (κ3) is 4.82. The first-order chi connectivity index (χ1) is 9.60. The van der Waals surface area contributed by atoms with Crippen molar-refractivity contribution in [3.63, 3.8) is 0 Å². The molecular formula is C14H19ClF2N2O2. The summed E-state index contributed by atoms with van der Waals surface area (Å²) < 4.78 is 28.6. The lowest BCUT2D eigenvalue weighted by atomic mass is 10.0. The average Bonchev–Trinajstić information content (AvgIpc) is 2.85. The van der Waals surface area contributed by atoms with Crippen LogP contribution in [-0.4, -0.2) is 25.1 Å². The summed E-state index contributed by atoms with van der Waals surface area (Å²) in [6, 6.07) is 5.85. The first-order valence-corrected chi connectivity index (χ1v) is 6.66. The molecular weight excluding hydrogens is 302 g/mol. The smallest absolute Gasteiger partial charge is 0.387 e. The van der Waals surface area contributed by atoms with E-state index in [0.717, 1.165) is 19.3 Å². The standard InChI is InChI=1S/C14H18F2N2O2.ClH/c15-14(16)20-11-5-1-3-9(7-11)13(19)18-12-6-2-4-10(12)8-17;/h1,3,5,7,10,12,14H,2,4,6,8,17H2,(H,18,19);1H. The third-order valence-corrected chi connectivity index (χ3v) is 3.60. The van der Waals surface area contributed by atoms with Gasteiger partial charge in [0, 0.05) is 11.6 Å². The molecule has 1 aliphatic carbocycles. The molecule has 0 spiro atoms. The first-order valence-electron chi connectivity index (χ1n) is 6.66. The molecule has 1 aromatic rings. The average molecular weight is 321 g/mol. The Balaban J connectivity index is 0.00000220. The summed E-state index contributed by atoms with van der Waals surface area (Å²) in [6.07, 6.45) is 2.96. The summed E-state index contributed by atoms with van der Waals surface area (Å²) in [5.74, 6) is -0.0102. The first kappa shape index (κ1) is 17.7. The lowest BCUT2D eigenvalue weighted by Crippen LogP contribution is -2.39. The molecule has 2 rings (SSSR count). The van der Waals surface area contributed by atoms with Gasteiger partial charge in [0.05, 0.1) is 0 Å². The predicted molar refractivity (Wildman–Crippen MR) is 78.0 cm³/mol. The lowest BCUT2D eigenvalue weighted by molar-refractivity contribution is -0.0498. The normalized spacial score (nSPS) is 21.0. The van der Waals surface area contributed by atoms with E-state index in [1.165, 1.54) is 18.2 Å². The number of halogens is 3. The molecule has 0 radical (unpaired) electrons. The van der Waals surface area contributed by atoms with Crippen molar-refractivity contribution in [3.05, 3.63) is 29.8 Å². The van der Waals surface area contributed by atoms with Gasteiger partial charge < -0.3 is 15.8 Å². The van der Waals surface area contributed by atoms with Crippen LogP contribution in [-0.2, 0) is 0 Å². The monoisotopic (exact) mass is 320 g/mol. The number of amides is 1. The van der Waals surface area contributed by atoms with Gasteiger partial charge in [0.1, 0.15) is 5.75 Å². The van der Waals surface area contributed by atoms with Crippen LogP contribution in [0.5, 0.6) is 5.75 Å². The topological polar surface area (TPSA) is 64.3 Å². The van der Waals surface area contributed by atoms with Crippen LogP contribution in [0.1, 0.15) is 29.6 Å². The van der Waals surface area contributed by atoms with Crippen molar-refractivity contribution in [1.29, 1.82) is 0 Å². The molecule has 1 aromatic carbocycles. The van der Waals surface area contributed by atoms with E-state index in [9.17, 15) is 13.6 Å². The fraction of sp³-hybridized carbons (Fsp3) is 0.500. The number of rotatable bonds is 5. The van der Waals surface area contributed by atoms with Gasteiger partial charge in [-0.1, -0.05) is 12.5 Å². The van der Waals surface area contributed by atoms with Crippen LogP contribution >= 0.6 is 12.4 Å². The minimum absolute atomic E-state index is 0. The van der Waals surface area contributed by atoms with Crippen LogP contribution in [0.4, 0.5) is 8.78 Å². The Morgan fingerprint density at radius 3 is 2.86 bits per heavy atom. The molecule has 0 bridgehead atoms. The second kappa shape index (κ2) is 8.14. The van der Waals surface area contributed by atoms with Crippen molar-refractivity contribution >= 4 is 18.3 Å². The Bertz CT molecular complexity index is 474. The van der Waals surface area contributed by atoms with E-state index in [2.05, 4.69) is 10.1 Å². The Morgan fingerprint density at radius 2 is 2.19 bits per heavy atom. The molecule has 1 aliphatic rings. The highest BCUT2D eigenvalue weighted by molar-refractivity contribution is 5.94. The van der Waals surface area contributed by atoms with Crippen LogP contribution in [0.25, 0.3) is 0 Å². The summed E-state index contributed by atoms with van der Waals surface area (Å²) in [6.45, 7) is -2.36. The van der Waals surface area contributed by atoms with E-state index in [0.29, 0.717) is 18.0 Å². The summed E-state index contributed by atoms with van der Waals surface area (Å²) in [7, 11) is 0. The number of hydrogen-bond donors (Lipinski definition) is 2. The Labute approximate surface area is 128 Å². The number of nitrogens with one attached hydrogen (secondary N) is 1. The van der Waals surface area contributed by atoms with Crippen molar-refractivity contribution in [3.8, 4) is 5.75 Å². The molecule has 0 heterocycles. The highest BCUT2D eigenvalue weighted by atomic mass is 35.5. The maximum Gasteiger partial charge on any atom is 0.387 e. The molecule has 1 amide bonds. The zero-order valence-corrected chi connectivity index (χ0v) is 12.2. The van der Waals surface area contributed by atoms with Crippen LogP contribution in [0.15, 0.2) is 24.3 Å². The number of nitrogens with two attached hydrogens (primary N) is 1. The van der Waals surface area contributed by atoms with Crippen LogP contribution in [0.2, 0.25) is 0 Å². The van der Waals surface area contributed by atoms with E-state index in [4.69, 9.17) is 5.73 Å². The highest BCUT2D eigenvalue weighted by Gasteiger charge is 2.27. The minimum atomic E-state index is -2.90. The molecule has 4 nitrogen and oxygen atoms in total. The molecule has 0 aromatic heterocycles.